The molecule has 1 aliphatic rings. The minimum atomic E-state index is -0.205. The number of benzene rings is 3. The zero-order valence-electron chi connectivity index (χ0n) is 18.0. The first-order valence-electron chi connectivity index (χ1n) is 10.7. The minimum Gasteiger partial charge on any atom is -0.497 e. The molecule has 0 saturated carbocycles. The number of ether oxygens (including phenoxy) is 2. The van der Waals surface area contributed by atoms with E-state index >= 15 is 0 Å². The summed E-state index contributed by atoms with van der Waals surface area (Å²) in [5, 5.41) is 11.2. The summed E-state index contributed by atoms with van der Waals surface area (Å²) in [7, 11) is 1.66. The molecule has 6 nitrogen and oxygen atoms in total. The van der Waals surface area contributed by atoms with Crippen molar-refractivity contribution in [2.75, 3.05) is 7.11 Å². The maximum absolute atomic E-state index is 9.07. The topological polar surface area (TPSA) is 73.3 Å². The van der Waals surface area contributed by atoms with E-state index in [1.165, 1.54) is 0 Å². The molecule has 0 bridgehead atoms. The Hall–Kier alpha value is -4.32. The van der Waals surface area contributed by atoms with Crippen LogP contribution in [0, 0.1) is 5.41 Å². The SMILES string of the molecule is COc1ccc([C@@H]2c3ccc4ccccc4c3Oc3ncn(Cc4ccco4)c(=N)c32)cc1. The minimum absolute atomic E-state index is 0.205. The van der Waals surface area contributed by atoms with Gasteiger partial charge in [-0.2, -0.15) is 0 Å². The van der Waals surface area contributed by atoms with Crippen LogP contribution in [0.2, 0.25) is 0 Å². The van der Waals surface area contributed by atoms with Gasteiger partial charge in [0, 0.05) is 16.9 Å². The predicted octanol–water partition coefficient (Wildman–Crippen LogP) is 5.45. The Morgan fingerprint density at radius 3 is 2.64 bits per heavy atom. The van der Waals surface area contributed by atoms with Crippen molar-refractivity contribution in [2.45, 2.75) is 12.5 Å². The van der Waals surface area contributed by atoms with E-state index in [9.17, 15) is 0 Å². The normalized spacial score (nSPS) is 14.4. The molecule has 1 N–H and O–H groups in total. The molecule has 0 fully saturated rings. The fourth-order valence-electron chi connectivity index (χ4n) is 4.53. The van der Waals surface area contributed by atoms with E-state index in [4.69, 9.17) is 19.3 Å². The van der Waals surface area contributed by atoms with Gasteiger partial charge in [-0.05, 0) is 35.2 Å². The van der Waals surface area contributed by atoms with Crippen LogP contribution in [0.15, 0.2) is 89.8 Å². The highest BCUT2D eigenvalue weighted by atomic mass is 16.5. The Balaban J connectivity index is 1.58. The van der Waals surface area contributed by atoms with Crippen LogP contribution in [0.1, 0.15) is 28.4 Å². The van der Waals surface area contributed by atoms with Crippen molar-refractivity contribution in [2.24, 2.45) is 0 Å². The van der Waals surface area contributed by atoms with Crippen LogP contribution in [0.5, 0.6) is 17.4 Å². The molecule has 0 amide bonds. The maximum atomic E-state index is 9.07. The van der Waals surface area contributed by atoms with Crippen molar-refractivity contribution in [1.29, 1.82) is 5.41 Å². The molecule has 0 unspecified atom stereocenters. The summed E-state index contributed by atoms with van der Waals surface area (Å²) in [6.45, 7) is 0.423. The quantitative estimate of drug-likeness (QED) is 0.400. The predicted molar refractivity (Wildman–Crippen MR) is 124 cm³/mol. The van der Waals surface area contributed by atoms with Crippen LogP contribution in [-0.4, -0.2) is 16.7 Å². The van der Waals surface area contributed by atoms with Crippen molar-refractivity contribution < 1.29 is 13.9 Å². The Labute approximate surface area is 190 Å². The molecule has 0 saturated heterocycles. The third-order valence-corrected chi connectivity index (χ3v) is 6.15. The second kappa shape index (κ2) is 7.67. The Morgan fingerprint density at radius 2 is 1.85 bits per heavy atom. The molecule has 0 radical (unpaired) electrons. The molecule has 6 rings (SSSR count). The average Bonchev–Trinajstić information content (AvgIpc) is 3.38. The zero-order valence-corrected chi connectivity index (χ0v) is 18.0. The number of furan rings is 1. The molecular weight excluding hydrogens is 414 g/mol. The summed E-state index contributed by atoms with van der Waals surface area (Å²) < 4.78 is 19.0. The molecule has 1 aliphatic heterocycles. The molecule has 33 heavy (non-hydrogen) atoms. The van der Waals surface area contributed by atoms with Gasteiger partial charge in [0.15, 0.2) is 0 Å². The van der Waals surface area contributed by atoms with Crippen LogP contribution in [0.25, 0.3) is 10.8 Å². The van der Waals surface area contributed by atoms with Gasteiger partial charge < -0.3 is 18.5 Å². The van der Waals surface area contributed by atoms with Gasteiger partial charge in [-0.3, -0.25) is 5.41 Å². The van der Waals surface area contributed by atoms with Gasteiger partial charge in [0.05, 0.1) is 25.5 Å². The third kappa shape index (κ3) is 3.19. The number of aromatic nitrogens is 2. The molecule has 0 spiro atoms. The summed E-state index contributed by atoms with van der Waals surface area (Å²) in [4.78, 5) is 4.63. The van der Waals surface area contributed by atoms with Gasteiger partial charge in [-0.1, -0.05) is 48.5 Å². The Kier molecular flexibility index (Phi) is 4.50. The molecule has 6 heteroatoms. The third-order valence-electron chi connectivity index (χ3n) is 6.15. The molecule has 3 heterocycles. The van der Waals surface area contributed by atoms with Crippen LogP contribution in [0.3, 0.4) is 0 Å². The second-order valence-electron chi connectivity index (χ2n) is 8.03. The molecular formula is C27H21N3O3. The molecule has 162 valence electrons. The molecule has 3 aromatic carbocycles. The maximum Gasteiger partial charge on any atom is 0.228 e. The highest BCUT2D eigenvalue weighted by molar-refractivity contribution is 5.91. The van der Waals surface area contributed by atoms with E-state index in [1.54, 1.807) is 24.3 Å². The van der Waals surface area contributed by atoms with Crippen molar-refractivity contribution in [3.63, 3.8) is 0 Å². The lowest BCUT2D eigenvalue weighted by Gasteiger charge is -2.29. The van der Waals surface area contributed by atoms with E-state index in [0.717, 1.165) is 44.7 Å². The highest BCUT2D eigenvalue weighted by Gasteiger charge is 2.33. The summed E-state index contributed by atoms with van der Waals surface area (Å²) in [6, 6.07) is 24.1. The first kappa shape index (κ1) is 19.4. The van der Waals surface area contributed by atoms with Crippen LogP contribution >= 0.6 is 0 Å². The van der Waals surface area contributed by atoms with E-state index < -0.39 is 0 Å². The number of nitrogens with zero attached hydrogens (tertiary/aromatic N) is 2. The van der Waals surface area contributed by atoms with Crippen LogP contribution in [-0.2, 0) is 6.54 Å². The number of hydrogen-bond donors (Lipinski definition) is 1. The van der Waals surface area contributed by atoms with Gasteiger partial charge in [-0.25, -0.2) is 4.98 Å². The molecule has 2 aromatic heterocycles. The number of hydrogen-bond acceptors (Lipinski definition) is 5. The van der Waals surface area contributed by atoms with Gasteiger partial charge in [-0.15, -0.1) is 0 Å². The highest BCUT2D eigenvalue weighted by Crippen LogP contribution is 2.48. The lowest BCUT2D eigenvalue weighted by molar-refractivity contribution is 0.414. The van der Waals surface area contributed by atoms with Gasteiger partial charge in [0.1, 0.15) is 29.1 Å². The summed E-state index contributed by atoms with van der Waals surface area (Å²) in [5.74, 6) is 2.59. The fourth-order valence-corrected chi connectivity index (χ4v) is 4.53. The summed E-state index contributed by atoms with van der Waals surface area (Å²) in [6.07, 6.45) is 3.28. The van der Waals surface area contributed by atoms with E-state index in [0.29, 0.717) is 17.9 Å². The fraction of sp³-hybridized carbons (Fsp3) is 0.111. The summed E-state index contributed by atoms with van der Waals surface area (Å²) in [5.41, 5.74) is 3.13. The second-order valence-corrected chi connectivity index (χ2v) is 8.03. The monoisotopic (exact) mass is 435 g/mol. The number of rotatable bonds is 4. The first-order chi connectivity index (χ1) is 16.2. The summed E-state index contributed by atoms with van der Waals surface area (Å²) >= 11 is 0. The number of fused-ring (bicyclic) bond motifs is 4. The van der Waals surface area contributed by atoms with Gasteiger partial charge in [0.25, 0.3) is 0 Å². The largest absolute Gasteiger partial charge is 0.497 e. The Bertz CT molecular complexity index is 1520. The average molecular weight is 435 g/mol. The van der Waals surface area contributed by atoms with Crippen molar-refractivity contribution >= 4 is 10.8 Å². The van der Waals surface area contributed by atoms with Gasteiger partial charge >= 0.3 is 0 Å². The van der Waals surface area contributed by atoms with Crippen molar-refractivity contribution in [3.8, 4) is 17.4 Å². The van der Waals surface area contributed by atoms with Crippen LogP contribution < -0.4 is 15.0 Å². The van der Waals surface area contributed by atoms with E-state index in [2.05, 4.69) is 29.2 Å². The molecule has 1 atom stereocenters. The van der Waals surface area contributed by atoms with E-state index in [1.807, 2.05) is 48.5 Å². The van der Waals surface area contributed by atoms with Crippen molar-refractivity contribution in [1.82, 2.24) is 9.55 Å². The lowest BCUT2D eigenvalue weighted by atomic mass is 9.83. The smallest absolute Gasteiger partial charge is 0.228 e. The van der Waals surface area contributed by atoms with Crippen LogP contribution in [0.4, 0.5) is 0 Å². The molecule has 0 aliphatic carbocycles. The standard InChI is InChI=1S/C27H21N3O3/c1-31-19-11-8-18(9-12-19)23-22-13-10-17-5-2-3-7-21(17)25(22)33-27-24(23)26(28)30(16-29-27)15-20-6-4-14-32-20/h2-14,16,23,28H,15H2,1H3/t23-/m1/s1. The Morgan fingerprint density at radius 1 is 1.00 bits per heavy atom. The van der Waals surface area contributed by atoms with Crippen molar-refractivity contribution in [3.05, 3.63) is 113 Å². The number of methoxy groups -OCH3 is 1. The lowest BCUT2D eigenvalue weighted by Crippen LogP contribution is -2.30. The first-order valence-corrected chi connectivity index (χ1v) is 10.7. The zero-order chi connectivity index (χ0) is 22.4. The number of nitrogens with one attached hydrogen (secondary N) is 1. The molecule has 5 aromatic rings. The van der Waals surface area contributed by atoms with E-state index in [-0.39, 0.29) is 5.92 Å². The van der Waals surface area contributed by atoms with Gasteiger partial charge in [0.2, 0.25) is 5.88 Å².